The zero-order chi connectivity index (χ0) is 23.1. The predicted molar refractivity (Wildman–Crippen MR) is 126 cm³/mol. The molecule has 2 saturated heterocycles. The molecule has 0 saturated carbocycles. The van der Waals surface area contributed by atoms with Crippen LogP contribution in [0.25, 0.3) is 0 Å². The second-order valence-electron chi connectivity index (χ2n) is 8.46. The topological polar surface area (TPSA) is 59.1 Å². The minimum absolute atomic E-state index is 0.241. The maximum atomic E-state index is 13.7. The molecule has 0 spiro atoms. The van der Waals surface area contributed by atoms with Crippen LogP contribution in [0.1, 0.15) is 29.7 Å². The first-order valence-corrected chi connectivity index (χ1v) is 11.2. The van der Waals surface area contributed by atoms with E-state index in [-0.39, 0.29) is 11.8 Å². The van der Waals surface area contributed by atoms with Crippen molar-refractivity contribution in [3.63, 3.8) is 0 Å². The molecule has 0 aromatic heterocycles. The van der Waals surface area contributed by atoms with Crippen molar-refractivity contribution in [2.24, 2.45) is 5.92 Å². The van der Waals surface area contributed by atoms with Crippen LogP contribution >= 0.6 is 0 Å². The van der Waals surface area contributed by atoms with Crippen molar-refractivity contribution in [3.05, 3.63) is 89.5 Å². The molecule has 0 N–H and O–H groups in total. The fourth-order valence-corrected chi connectivity index (χ4v) is 4.77. The lowest BCUT2D eigenvalue weighted by molar-refractivity contribution is -0.126. The van der Waals surface area contributed by atoms with Gasteiger partial charge < -0.3 is 4.74 Å². The first-order valence-electron chi connectivity index (χ1n) is 11.2. The molecule has 0 aliphatic carbocycles. The normalized spacial score (nSPS) is 22.1. The minimum Gasteiger partial charge on any atom is -0.494 e. The van der Waals surface area contributed by atoms with Gasteiger partial charge in [0, 0.05) is 0 Å². The highest BCUT2D eigenvalue weighted by atomic mass is 16.7. The molecule has 2 heterocycles. The third-order valence-electron chi connectivity index (χ3n) is 6.25. The van der Waals surface area contributed by atoms with Gasteiger partial charge in [0.2, 0.25) is 5.91 Å². The number of hydroxylamine groups is 1. The lowest BCUT2D eigenvalue weighted by Crippen LogP contribution is -2.37. The molecule has 168 valence electrons. The van der Waals surface area contributed by atoms with Crippen molar-refractivity contribution < 1.29 is 19.2 Å². The monoisotopic (exact) mass is 442 g/mol. The van der Waals surface area contributed by atoms with Gasteiger partial charge in [-0.15, -0.1) is 0 Å². The van der Waals surface area contributed by atoms with Crippen LogP contribution in [0.5, 0.6) is 5.75 Å². The molecule has 3 atom stereocenters. The van der Waals surface area contributed by atoms with Crippen LogP contribution < -0.4 is 14.7 Å². The van der Waals surface area contributed by atoms with Gasteiger partial charge in [-0.05, 0) is 62.2 Å². The summed E-state index contributed by atoms with van der Waals surface area (Å²) in [6, 6.07) is 22.5. The molecule has 2 aliphatic rings. The number of aryl methyl sites for hydroxylation is 2. The van der Waals surface area contributed by atoms with Crippen LogP contribution in [-0.2, 0) is 14.4 Å². The number of rotatable bonds is 5. The Morgan fingerprint density at radius 1 is 0.909 bits per heavy atom. The molecule has 2 fully saturated rings. The lowest BCUT2D eigenvalue weighted by atomic mass is 9.90. The zero-order valence-corrected chi connectivity index (χ0v) is 18.9. The Morgan fingerprint density at radius 2 is 1.64 bits per heavy atom. The van der Waals surface area contributed by atoms with E-state index in [0.717, 1.165) is 28.1 Å². The summed E-state index contributed by atoms with van der Waals surface area (Å²) >= 11 is 0. The Kier molecular flexibility index (Phi) is 5.38. The molecule has 0 radical (unpaired) electrons. The number of hydrogen-bond acceptors (Lipinski definition) is 5. The lowest BCUT2D eigenvalue weighted by Gasteiger charge is -2.29. The molecule has 2 aliphatic heterocycles. The molecule has 33 heavy (non-hydrogen) atoms. The number of para-hydroxylation sites is 1. The number of ether oxygens (including phenoxy) is 1. The van der Waals surface area contributed by atoms with E-state index in [0.29, 0.717) is 12.3 Å². The number of anilines is 2. The first kappa shape index (κ1) is 21.2. The van der Waals surface area contributed by atoms with E-state index >= 15 is 0 Å². The van der Waals surface area contributed by atoms with Gasteiger partial charge in [0.15, 0.2) is 6.10 Å². The van der Waals surface area contributed by atoms with E-state index < -0.39 is 18.1 Å². The average Bonchev–Trinajstić information content (AvgIpc) is 3.32. The first-order chi connectivity index (χ1) is 16.0. The maximum absolute atomic E-state index is 13.7. The van der Waals surface area contributed by atoms with Gasteiger partial charge in [0.25, 0.3) is 5.91 Å². The number of carbonyl (C=O) groups excluding carboxylic acids is 2. The molecule has 3 aromatic carbocycles. The van der Waals surface area contributed by atoms with Gasteiger partial charge in [0.05, 0.1) is 24.0 Å². The molecule has 3 aromatic rings. The number of nitrogens with zero attached hydrogens (tertiary/aromatic N) is 2. The number of fused-ring (bicyclic) bond motifs is 1. The number of amides is 2. The van der Waals surface area contributed by atoms with E-state index in [1.54, 1.807) is 5.06 Å². The summed E-state index contributed by atoms with van der Waals surface area (Å²) < 4.78 is 5.58. The van der Waals surface area contributed by atoms with Gasteiger partial charge in [0.1, 0.15) is 11.7 Å². The third kappa shape index (κ3) is 3.56. The highest BCUT2D eigenvalue weighted by molar-refractivity contribution is 6.24. The molecule has 6 heteroatoms. The van der Waals surface area contributed by atoms with Crippen LogP contribution in [-0.4, -0.2) is 24.5 Å². The number of benzene rings is 3. The van der Waals surface area contributed by atoms with E-state index in [2.05, 4.69) is 0 Å². The maximum Gasteiger partial charge on any atom is 0.266 e. The Labute approximate surface area is 193 Å². The number of hydrogen-bond donors (Lipinski definition) is 0. The Balaban J connectivity index is 1.56. The SMILES string of the molecule is CCOc1ccc([C@H]2[C@@H]3C(=O)N(c4ccc(C)cc4C)C(=O)[C@@H]3ON2c2ccccc2)cc1. The van der Waals surface area contributed by atoms with Crippen LogP contribution in [0.15, 0.2) is 72.8 Å². The highest BCUT2D eigenvalue weighted by Gasteiger charge is 2.60. The van der Waals surface area contributed by atoms with Gasteiger partial charge in [-0.2, -0.15) is 0 Å². The van der Waals surface area contributed by atoms with Gasteiger partial charge in [-0.25, -0.2) is 9.96 Å². The highest BCUT2D eigenvalue weighted by Crippen LogP contribution is 2.48. The summed E-state index contributed by atoms with van der Waals surface area (Å²) in [7, 11) is 0. The van der Waals surface area contributed by atoms with E-state index in [9.17, 15) is 9.59 Å². The minimum atomic E-state index is -0.880. The zero-order valence-electron chi connectivity index (χ0n) is 18.9. The number of carbonyl (C=O) groups is 2. The van der Waals surface area contributed by atoms with Crippen LogP contribution in [0, 0.1) is 19.8 Å². The van der Waals surface area contributed by atoms with Gasteiger partial charge in [-0.3, -0.25) is 14.4 Å². The van der Waals surface area contributed by atoms with E-state index in [1.165, 1.54) is 4.90 Å². The van der Waals surface area contributed by atoms with Crippen LogP contribution in [0.3, 0.4) is 0 Å². The van der Waals surface area contributed by atoms with Gasteiger partial charge in [-0.1, -0.05) is 48.0 Å². The molecule has 5 rings (SSSR count). The Hall–Kier alpha value is -3.64. The average molecular weight is 443 g/mol. The summed E-state index contributed by atoms with van der Waals surface area (Å²) in [6.45, 7) is 6.41. The van der Waals surface area contributed by atoms with Crippen molar-refractivity contribution >= 4 is 23.2 Å². The standard InChI is InChI=1S/C27H26N2O4/c1-4-32-21-13-11-19(12-14-21)24-23-25(33-29(24)20-8-6-5-7-9-20)27(31)28(26(23)30)22-15-10-17(2)16-18(22)3/h5-16,23-25H,4H2,1-3H3/t23-,24-,25+/m0/s1. The van der Waals surface area contributed by atoms with E-state index in [4.69, 9.17) is 9.57 Å². The summed E-state index contributed by atoms with van der Waals surface area (Å²) in [5.74, 6) is -0.467. The molecule has 0 bridgehead atoms. The smallest absolute Gasteiger partial charge is 0.266 e. The van der Waals surface area contributed by atoms with Crippen molar-refractivity contribution in [2.75, 3.05) is 16.6 Å². The molecular weight excluding hydrogens is 416 g/mol. The second kappa shape index (κ2) is 8.37. The number of imide groups is 1. The van der Waals surface area contributed by atoms with Crippen molar-refractivity contribution in [1.29, 1.82) is 0 Å². The van der Waals surface area contributed by atoms with E-state index in [1.807, 2.05) is 93.6 Å². The second-order valence-corrected chi connectivity index (χ2v) is 8.46. The van der Waals surface area contributed by atoms with Gasteiger partial charge >= 0.3 is 0 Å². The Bertz CT molecular complexity index is 1190. The van der Waals surface area contributed by atoms with Crippen molar-refractivity contribution in [1.82, 2.24) is 0 Å². The third-order valence-corrected chi connectivity index (χ3v) is 6.25. The Morgan fingerprint density at radius 3 is 2.30 bits per heavy atom. The molecule has 6 nitrogen and oxygen atoms in total. The van der Waals surface area contributed by atoms with Crippen LogP contribution in [0.2, 0.25) is 0 Å². The molecule has 2 amide bonds. The summed E-state index contributed by atoms with van der Waals surface area (Å²) in [6.07, 6.45) is -0.880. The largest absolute Gasteiger partial charge is 0.494 e. The van der Waals surface area contributed by atoms with Crippen molar-refractivity contribution in [3.8, 4) is 5.75 Å². The fraction of sp³-hybridized carbons (Fsp3) is 0.259. The fourth-order valence-electron chi connectivity index (χ4n) is 4.77. The molecule has 0 unspecified atom stereocenters. The predicted octanol–water partition coefficient (Wildman–Crippen LogP) is 4.75. The summed E-state index contributed by atoms with van der Waals surface area (Å²) in [5, 5.41) is 1.71. The quantitative estimate of drug-likeness (QED) is 0.534. The molecular formula is C27H26N2O4. The summed E-state index contributed by atoms with van der Waals surface area (Å²) in [5.41, 5.74) is 4.26. The van der Waals surface area contributed by atoms with Crippen LogP contribution in [0.4, 0.5) is 11.4 Å². The summed E-state index contributed by atoms with van der Waals surface area (Å²) in [4.78, 5) is 34.7. The van der Waals surface area contributed by atoms with Crippen molar-refractivity contribution in [2.45, 2.75) is 32.9 Å².